The van der Waals surface area contributed by atoms with Crippen LogP contribution in [-0.2, 0) is 16.6 Å². The van der Waals surface area contributed by atoms with E-state index in [4.69, 9.17) is 14.4 Å². The van der Waals surface area contributed by atoms with E-state index in [2.05, 4.69) is 10.2 Å². The summed E-state index contributed by atoms with van der Waals surface area (Å²) in [7, 11) is -0.901. The third kappa shape index (κ3) is 5.55. The minimum absolute atomic E-state index is 0.184. The van der Waals surface area contributed by atoms with E-state index in [1.165, 1.54) is 44.4 Å². The van der Waals surface area contributed by atoms with Gasteiger partial charge in [0, 0.05) is 60.5 Å². The number of hydrogen-bond acceptors (Lipinski definition) is 8. The predicted octanol–water partition coefficient (Wildman–Crippen LogP) is 5.72. The molecule has 0 aliphatic carbocycles. The summed E-state index contributed by atoms with van der Waals surface area (Å²) in [5.74, 6) is -0.459. The van der Waals surface area contributed by atoms with Gasteiger partial charge in [-0.3, -0.25) is 23.4 Å². The fourth-order valence-electron chi connectivity index (χ4n) is 6.94. The summed E-state index contributed by atoms with van der Waals surface area (Å²) in [5.41, 5.74) is 3.70. The van der Waals surface area contributed by atoms with Crippen LogP contribution in [0.1, 0.15) is 22.6 Å². The summed E-state index contributed by atoms with van der Waals surface area (Å²) < 4.78 is 64.2. The van der Waals surface area contributed by atoms with Crippen LogP contribution < -0.4 is 9.62 Å². The van der Waals surface area contributed by atoms with Crippen molar-refractivity contribution >= 4 is 59.9 Å². The number of nitrogens with zero attached hydrogens (tertiary/aromatic N) is 5. The molecule has 4 aromatic heterocycles. The largest absolute Gasteiger partial charge is 0.455 e. The minimum Gasteiger partial charge on any atom is -0.455 e. The number of carbonyl (C=O) groups excluding carboxylic acids is 1. The molecule has 5 heterocycles. The Kier molecular flexibility index (Phi) is 7.78. The average molecular weight is 711 g/mol. The van der Waals surface area contributed by atoms with Gasteiger partial charge in [0.25, 0.3) is 5.91 Å². The van der Waals surface area contributed by atoms with Crippen LogP contribution in [0.4, 0.5) is 14.5 Å². The standard InChI is InChI=1S/C37H32F2N6O5S/c1-40-37(47)35-26-13-24(31(43(2)51(3,48)49)16-33(26)50-36(35)20-7-9-21(38)10-8-20)28-14-25-29(17-41-28)42-34(19-44-12-11-22(46)18-44)45-30-6-4-5-27(39)23(30)15-32(25)45/h4-10,13-17,22,46H,11-12,18-19H2,1-3H3,(H,40,47)/t22-/m1/s1. The van der Waals surface area contributed by atoms with E-state index in [1.54, 1.807) is 36.5 Å². The smallest absolute Gasteiger partial charge is 0.255 e. The van der Waals surface area contributed by atoms with E-state index < -0.39 is 27.9 Å². The number of furan rings is 1. The molecule has 11 nitrogen and oxygen atoms in total. The third-order valence-corrected chi connectivity index (χ3v) is 10.7. The number of carbonyl (C=O) groups is 1. The molecule has 0 radical (unpaired) electrons. The van der Waals surface area contributed by atoms with Crippen molar-refractivity contribution in [3.63, 3.8) is 0 Å². The fraction of sp³-hybridized carbons (Fsp3) is 0.216. The zero-order chi connectivity index (χ0) is 35.8. The van der Waals surface area contributed by atoms with Crippen molar-refractivity contribution in [1.29, 1.82) is 0 Å². The first-order chi connectivity index (χ1) is 24.4. The predicted molar refractivity (Wildman–Crippen MR) is 191 cm³/mol. The Bertz CT molecular complexity index is 2660. The number of β-amino-alcohol motifs (C(OH)–C–C–N with tert-alkyl or cyclic N) is 1. The summed E-state index contributed by atoms with van der Waals surface area (Å²) >= 11 is 0. The maximum atomic E-state index is 15.2. The lowest BCUT2D eigenvalue weighted by Crippen LogP contribution is -2.25. The number of pyridine rings is 1. The van der Waals surface area contributed by atoms with Gasteiger partial charge in [-0.25, -0.2) is 22.2 Å². The first-order valence-corrected chi connectivity index (χ1v) is 18.1. The van der Waals surface area contributed by atoms with Gasteiger partial charge in [0.15, 0.2) is 0 Å². The minimum atomic E-state index is -3.79. The first kappa shape index (κ1) is 32.7. The highest BCUT2D eigenvalue weighted by Gasteiger charge is 2.27. The molecule has 51 heavy (non-hydrogen) atoms. The number of nitrogens with one attached hydrogen (secondary N) is 1. The van der Waals surface area contributed by atoms with Gasteiger partial charge in [-0.15, -0.1) is 0 Å². The molecule has 0 unspecified atom stereocenters. The molecule has 1 fully saturated rings. The van der Waals surface area contributed by atoms with Crippen molar-refractivity contribution < 1.29 is 31.5 Å². The number of aliphatic hydroxyl groups is 1. The molecule has 2 N–H and O–H groups in total. The summed E-state index contributed by atoms with van der Waals surface area (Å²) in [6.07, 6.45) is 2.90. The van der Waals surface area contributed by atoms with Crippen molar-refractivity contribution in [1.82, 2.24) is 24.6 Å². The van der Waals surface area contributed by atoms with Crippen LogP contribution in [0, 0.1) is 11.6 Å². The highest BCUT2D eigenvalue weighted by molar-refractivity contribution is 7.92. The Hall–Kier alpha value is -5.44. The number of benzene rings is 3. The van der Waals surface area contributed by atoms with Gasteiger partial charge in [0.1, 0.15) is 28.8 Å². The molecule has 0 saturated carbocycles. The molecule has 0 spiro atoms. The Morgan fingerprint density at radius 1 is 1.06 bits per heavy atom. The van der Waals surface area contributed by atoms with Crippen LogP contribution >= 0.6 is 0 Å². The highest BCUT2D eigenvalue weighted by atomic mass is 32.2. The van der Waals surface area contributed by atoms with Crippen molar-refractivity contribution in [2.45, 2.75) is 19.1 Å². The van der Waals surface area contributed by atoms with Gasteiger partial charge in [-0.2, -0.15) is 0 Å². The van der Waals surface area contributed by atoms with Gasteiger partial charge in [-0.05, 0) is 61.0 Å². The second-order valence-corrected chi connectivity index (χ2v) is 14.8. The number of amides is 1. The Balaban J connectivity index is 1.39. The number of fused-ring (bicyclic) bond motifs is 6. The Morgan fingerprint density at radius 2 is 1.84 bits per heavy atom. The molecular formula is C37H32F2N6O5S. The van der Waals surface area contributed by atoms with Crippen LogP contribution in [0.5, 0.6) is 0 Å². The van der Waals surface area contributed by atoms with Gasteiger partial charge >= 0.3 is 0 Å². The number of halogens is 2. The fourth-order valence-corrected chi connectivity index (χ4v) is 7.45. The van der Waals surface area contributed by atoms with Crippen molar-refractivity contribution in [3.8, 4) is 22.6 Å². The lowest BCUT2D eigenvalue weighted by atomic mass is 10.00. The van der Waals surface area contributed by atoms with E-state index in [0.29, 0.717) is 81.4 Å². The zero-order valence-corrected chi connectivity index (χ0v) is 28.6. The number of aliphatic hydroxyl groups excluding tert-OH is 1. The van der Waals surface area contributed by atoms with Crippen molar-refractivity contribution in [3.05, 3.63) is 95.9 Å². The molecule has 3 aromatic carbocycles. The number of likely N-dealkylation sites (tertiary alicyclic amines) is 1. The van der Waals surface area contributed by atoms with Crippen LogP contribution in [0.3, 0.4) is 0 Å². The number of hydrogen-bond donors (Lipinski definition) is 2. The Morgan fingerprint density at radius 3 is 2.55 bits per heavy atom. The monoisotopic (exact) mass is 710 g/mol. The van der Waals surface area contributed by atoms with Crippen molar-refractivity contribution in [2.75, 3.05) is 37.7 Å². The summed E-state index contributed by atoms with van der Waals surface area (Å²) in [5, 5.41) is 14.2. The molecule has 1 amide bonds. The Labute approximate surface area is 290 Å². The van der Waals surface area contributed by atoms with E-state index in [-0.39, 0.29) is 28.4 Å². The zero-order valence-electron chi connectivity index (χ0n) is 27.8. The summed E-state index contributed by atoms with van der Waals surface area (Å²) in [6, 6.07) is 17.1. The van der Waals surface area contributed by atoms with Gasteiger partial charge in [0.05, 0.1) is 58.6 Å². The first-order valence-electron chi connectivity index (χ1n) is 16.2. The summed E-state index contributed by atoms with van der Waals surface area (Å²) in [6.45, 7) is 1.62. The normalized spacial score (nSPS) is 15.5. The van der Waals surface area contributed by atoms with Crippen LogP contribution in [-0.4, -0.2) is 78.2 Å². The molecule has 260 valence electrons. The average Bonchev–Trinajstić information content (AvgIpc) is 3.82. The van der Waals surface area contributed by atoms with Gasteiger partial charge < -0.3 is 14.8 Å². The van der Waals surface area contributed by atoms with E-state index in [9.17, 15) is 22.7 Å². The summed E-state index contributed by atoms with van der Waals surface area (Å²) in [4.78, 5) is 25.2. The molecular weight excluding hydrogens is 679 g/mol. The molecule has 14 heteroatoms. The molecule has 0 bridgehead atoms. The number of rotatable bonds is 7. The quantitative estimate of drug-likeness (QED) is 0.215. The lowest BCUT2D eigenvalue weighted by Gasteiger charge is -2.21. The topological polar surface area (TPSA) is 133 Å². The second kappa shape index (κ2) is 12.1. The van der Waals surface area contributed by atoms with Crippen molar-refractivity contribution in [2.24, 2.45) is 0 Å². The third-order valence-electron chi connectivity index (χ3n) is 9.55. The molecule has 1 atom stereocenters. The van der Waals surface area contributed by atoms with E-state index in [1.807, 2.05) is 10.5 Å². The molecule has 1 saturated heterocycles. The number of anilines is 1. The van der Waals surface area contributed by atoms with Crippen LogP contribution in [0.15, 0.2) is 77.3 Å². The molecule has 1 aliphatic heterocycles. The van der Waals surface area contributed by atoms with E-state index in [0.717, 1.165) is 10.6 Å². The highest BCUT2D eigenvalue weighted by Crippen LogP contribution is 2.42. The maximum Gasteiger partial charge on any atom is 0.255 e. The number of sulfonamides is 1. The number of aromatic nitrogens is 3. The van der Waals surface area contributed by atoms with Gasteiger partial charge in [-0.1, -0.05) is 6.07 Å². The maximum absolute atomic E-state index is 15.2. The van der Waals surface area contributed by atoms with Gasteiger partial charge in [0.2, 0.25) is 10.0 Å². The lowest BCUT2D eigenvalue weighted by molar-refractivity contribution is 0.0964. The molecule has 8 rings (SSSR count). The second-order valence-electron chi connectivity index (χ2n) is 12.8. The van der Waals surface area contributed by atoms with E-state index >= 15 is 4.39 Å². The van der Waals surface area contributed by atoms with Crippen LogP contribution in [0.2, 0.25) is 0 Å². The SMILES string of the molecule is CNC(=O)c1c(-c2ccc(F)cc2)oc2cc(N(C)S(C)(=O)=O)c(-c3cc4c(cn3)nc(CN3CC[C@@H](O)C3)n3c5cccc(F)c5cc43)cc12. The molecule has 1 aliphatic rings. The van der Waals surface area contributed by atoms with Crippen LogP contribution in [0.25, 0.3) is 60.9 Å². The molecule has 7 aromatic rings.